The number of alkyl halides is 3. The molecule has 32 heavy (non-hydrogen) atoms. The monoisotopic (exact) mass is 453 g/mol. The Morgan fingerprint density at radius 3 is 2.50 bits per heavy atom. The maximum absolute atomic E-state index is 13.5. The van der Waals surface area contributed by atoms with E-state index in [1.165, 1.54) is 0 Å². The van der Waals surface area contributed by atoms with E-state index in [1.54, 1.807) is 17.1 Å². The van der Waals surface area contributed by atoms with Crippen LogP contribution in [-0.4, -0.2) is 37.7 Å². The maximum Gasteiger partial charge on any atom is 0.417 e. The second kappa shape index (κ2) is 7.28. The van der Waals surface area contributed by atoms with Crippen LogP contribution in [-0.2, 0) is 11.3 Å². The van der Waals surface area contributed by atoms with Crippen LogP contribution in [0.4, 0.5) is 13.2 Å². The van der Waals surface area contributed by atoms with Crippen molar-refractivity contribution in [2.45, 2.75) is 90.0 Å². The molecule has 4 fully saturated rings. The van der Waals surface area contributed by atoms with Gasteiger partial charge in [0.25, 0.3) is 0 Å². The molecule has 4 saturated carbocycles. The molecule has 0 aliphatic heterocycles. The molecular formula is C24H34F3N3O2. The standard InChI is InChI=1S/C24H34F3N3O2/c1-21-9-10-23(32,24(25,26)27)13-15(21)3-4-16-17-5-6-19(22(17,2)8-7-18(16)21)20(31)14-30-12-11-28-29-30/h11-12,15-19,32H,3-10,13-14H2,1-2H3/t15-,16+,17+,18+,19-,21+,22+,23-/m1/s1. The largest absolute Gasteiger partial charge is 0.417 e. The number of aromatic nitrogens is 3. The van der Waals surface area contributed by atoms with Crippen LogP contribution >= 0.6 is 0 Å². The van der Waals surface area contributed by atoms with E-state index in [-0.39, 0.29) is 47.8 Å². The lowest BCUT2D eigenvalue weighted by Gasteiger charge is -2.62. The van der Waals surface area contributed by atoms with Gasteiger partial charge in [-0.2, -0.15) is 13.2 Å². The van der Waals surface area contributed by atoms with Gasteiger partial charge in [-0.05, 0) is 92.3 Å². The van der Waals surface area contributed by atoms with E-state index >= 15 is 0 Å². The first kappa shape index (κ1) is 22.4. The molecule has 1 aromatic rings. The fraction of sp³-hybridized carbons (Fsp3) is 0.875. The number of hydrogen-bond donors (Lipinski definition) is 1. The van der Waals surface area contributed by atoms with Crippen LogP contribution in [0.3, 0.4) is 0 Å². The van der Waals surface area contributed by atoms with Gasteiger partial charge >= 0.3 is 6.18 Å². The Labute approximate surface area is 187 Å². The molecule has 5 rings (SSSR count). The third-order valence-corrected chi connectivity index (χ3v) is 10.4. The highest BCUT2D eigenvalue weighted by Crippen LogP contribution is 2.68. The highest BCUT2D eigenvalue weighted by atomic mass is 19.4. The molecule has 4 aliphatic rings. The highest BCUT2D eigenvalue weighted by Gasteiger charge is 2.65. The minimum absolute atomic E-state index is 0.0184. The molecule has 8 atom stereocenters. The zero-order valence-corrected chi connectivity index (χ0v) is 18.9. The first-order valence-corrected chi connectivity index (χ1v) is 12.1. The van der Waals surface area contributed by atoms with Crippen LogP contribution in [0.1, 0.15) is 71.6 Å². The quantitative estimate of drug-likeness (QED) is 0.714. The van der Waals surface area contributed by atoms with Gasteiger partial charge < -0.3 is 5.11 Å². The second-order valence-electron chi connectivity index (χ2n) is 11.6. The summed E-state index contributed by atoms with van der Waals surface area (Å²) in [5.41, 5.74) is -2.71. The number of rotatable bonds is 3. The molecule has 0 spiro atoms. The number of Topliss-reactive ketones (excluding diaryl/α,β-unsaturated/α-hetero) is 1. The van der Waals surface area contributed by atoms with Gasteiger partial charge in [0, 0.05) is 12.1 Å². The molecule has 4 aliphatic carbocycles. The molecule has 1 aromatic heterocycles. The van der Waals surface area contributed by atoms with Crippen molar-refractivity contribution in [1.82, 2.24) is 15.0 Å². The molecule has 0 bridgehead atoms. The van der Waals surface area contributed by atoms with Gasteiger partial charge in [-0.1, -0.05) is 19.1 Å². The maximum atomic E-state index is 13.5. The van der Waals surface area contributed by atoms with Crippen LogP contribution in [0.5, 0.6) is 0 Å². The minimum atomic E-state index is -4.56. The van der Waals surface area contributed by atoms with E-state index in [2.05, 4.69) is 24.2 Å². The van der Waals surface area contributed by atoms with E-state index in [1.807, 2.05) is 0 Å². The van der Waals surface area contributed by atoms with E-state index < -0.39 is 11.8 Å². The summed E-state index contributed by atoms with van der Waals surface area (Å²) in [6, 6.07) is 0. The lowest BCUT2D eigenvalue weighted by molar-refractivity contribution is -0.290. The van der Waals surface area contributed by atoms with Crippen LogP contribution in [0.2, 0.25) is 0 Å². The van der Waals surface area contributed by atoms with Crippen molar-refractivity contribution < 1.29 is 23.1 Å². The number of ketones is 1. The summed E-state index contributed by atoms with van der Waals surface area (Å²) in [6.07, 6.45) is 4.36. The van der Waals surface area contributed by atoms with Crippen molar-refractivity contribution in [3.63, 3.8) is 0 Å². The average molecular weight is 454 g/mol. The summed E-state index contributed by atoms with van der Waals surface area (Å²) in [6.45, 7) is 4.73. The van der Waals surface area contributed by atoms with Gasteiger partial charge in [-0.15, -0.1) is 5.10 Å². The molecule has 0 aromatic carbocycles. The Balaban J connectivity index is 1.34. The lowest BCUT2D eigenvalue weighted by atomic mass is 9.43. The Kier molecular flexibility index (Phi) is 5.08. The highest BCUT2D eigenvalue weighted by molar-refractivity contribution is 5.82. The number of aliphatic hydroxyl groups is 1. The summed E-state index contributed by atoms with van der Waals surface area (Å²) in [5, 5.41) is 18.1. The lowest BCUT2D eigenvalue weighted by Crippen LogP contribution is -2.59. The molecule has 0 radical (unpaired) electrons. The zero-order valence-electron chi connectivity index (χ0n) is 18.9. The molecule has 1 heterocycles. The molecule has 178 valence electrons. The van der Waals surface area contributed by atoms with Crippen molar-refractivity contribution >= 4 is 5.78 Å². The number of hydrogen-bond acceptors (Lipinski definition) is 4. The smallest absolute Gasteiger partial charge is 0.380 e. The summed E-state index contributed by atoms with van der Waals surface area (Å²) >= 11 is 0. The van der Waals surface area contributed by atoms with E-state index in [4.69, 9.17) is 0 Å². The van der Waals surface area contributed by atoms with Crippen molar-refractivity contribution in [1.29, 1.82) is 0 Å². The van der Waals surface area contributed by atoms with Crippen LogP contribution in [0, 0.1) is 40.4 Å². The van der Waals surface area contributed by atoms with Gasteiger partial charge in [0.2, 0.25) is 0 Å². The van der Waals surface area contributed by atoms with Crippen molar-refractivity contribution in [3.05, 3.63) is 12.4 Å². The average Bonchev–Trinajstić information content (AvgIpc) is 3.34. The summed E-state index contributed by atoms with van der Waals surface area (Å²) in [7, 11) is 0. The fourth-order valence-electron chi connectivity index (χ4n) is 8.62. The van der Waals surface area contributed by atoms with Gasteiger partial charge in [-0.3, -0.25) is 4.79 Å². The molecule has 0 amide bonds. The SMILES string of the molecule is C[C@]12CC[C@](O)(C(F)(F)F)C[C@H]1CC[C@@H]1[C@@H]2CC[C@]2(C)[C@@H](C(=O)Cn3ccnn3)CC[C@@H]12. The minimum Gasteiger partial charge on any atom is -0.380 e. The number of halogens is 3. The van der Waals surface area contributed by atoms with Gasteiger partial charge in [0.15, 0.2) is 11.4 Å². The Hall–Kier alpha value is -1.44. The summed E-state index contributed by atoms with van der Waals surface area (Å²) in [4.78, 5) is 13.2. The molecule has 0 unspecified atom stereocenters. The first-order chi connectivity index (χ1) is 15.0. The second-order valence-corrected chi connectivity index (χ2v) is 11.6. The van der Waals surface area contributed by atoms with Crippen LogP contribution < -0.4 is 0 Å². The third-order valence-electron chi connectivity index (χ3n) is 10.4. The van der Waals surface area contributed by atoms with E-state index in [0.717, 1.165) is 38.5 Å². The molecule has 5 nitrogen and oxygen atoms in total. The number of carbonyl (C=O) groups is 1. The van der Waals surface area contributed by atoms with Crippen LogP contribution in [0.25, 0.3) is 0 Å². The molecule has 1 N–H and O–H groups in total. The number of carbonyl (C=O) groups excluding carboxylic acids is 1. The van der Waals surface area contributed by atoms with Crippen molar-refractivity contribution in [2.75, 3.05) is 0 Å². The van der Waals surface area contributed by atoms with E-state index in [9.17, 15) is 23.1 Å². The predicted octanol–water partition coefficient (Wildman–Crippen LogP) is 4.80. The van der Waals surface area contributed by atoms with E-state index in [0.29, 0.717) is 24.2 Å². The van der Waals surface area contributed by atoms with Gasteiger partial charge in [-0.25, -0.2) is 4.68 Å². The van der Waals surface area contributed by atoms with Crippen molar-refractivity contribution in [2.24, 2.45) is 40.4 Å². The first-order valence-electron chi connectivity index (χ1n) is 12.1. The van der Waals surface area contributed by atoms with Gasteiger partial charge in [0.05, 0.1) is 6.20 Å². The number of nitrogens with zero attached hydrogens (tertiary/aromatic N) is 3. The number of fused-ring (bicyclic) bond motifs is 5. The zero-order chi connectivity index (χ0) is 22.9. The normalized spacial score (nSPS) is 46.2. The Morgan fingerprint density at radius 2 is 1.81 bits per heavy atom. The topological polar surface area (TPSA) is 68.0 Å². The fourth-order valence-corrected chi connectivity index (χ4v) is 8.62. The Bertz CT molecular complexity index is 874. The molecule has 8 heteroatoms. The summed E-state index contributed by atoms with van der Waals surface area (Å²) < 4.78 is 42.2. The Morgan fingerprint density at radius 1 is 1.06 bits per heavy atom. The predicted molar refractivity (Wildman–Crippen MR) is 111 cm³/mol. The van der Waals surface area contributed by atoms with Crippen LogP contribution in [0.15, 0.2) is 12.4 Å². The third kappa shape index (κ3) is 3.18. The molecular weight excluding hydrogens is 419 g/mol. The molecule has 0 saturated heterocycles. The summed E-state index contributed by atoms with van der Waals surface area (Å²) in [5.74, 6) is 1.47. The van der Waals surface area contributed by atoms with Gasteiger partial charge in [0.1, 0.15) is 6.54 Å². The van der Waals surface area contributed by atoms with Crippen molar-refractivity contribution in [3.8, 4) is 0 Å².